The zero-order valence-corrected chi connectivity index (χ0v) is 16.5. The van der Waals surface area contributed by atoms with Gasteiger partial charge in [-0.25, -0.2) is 48.0 Å². The highest BCUT2D eigenvalue weighted by Gasteiger charge is 2.47. The average Bonchev–Trinajstić information content (AvgIpc) is 2.62. The first-order valence-corrected chi connectivity index (χ1v) is 11.3. The van der Waals surface area contributed by atoms with Gasteiger partial charge in [0.05, 0.1) is 9.79 Å². The Hall–Kier alpha value is -2.79. The summed E-state index contributed by atoms with van der Waals surface area (Å²) in [7, 11) is -18.5. The second-order valence-electron chi connectivity index (χ2n) is 5.21. The van der Waals surface area contributed by atoms with Gasteiger partial charge in [-0.3, -0.25) is 0 Å². The van der Waals surface area contributed by atoms with Crippen LogP contribution in [-0.4, -0.2) is 34.4 Å². The predicted octanol–water partition coefficient (Wildman–Crippen LogP) is 1.48. The summed E-state index contributed by atoms with van der Waals surface area (Å²) in [5.41, 5.74) is 0. The summed E-state index contributed by atoms with van der Waals surface area (Å²) in [6.45, 7) is 0. The lowest BCUT2D eigenvalue weighted by Gasteiger charge is -2.19. The van der Waals surface area contributed by atoms with Crippen molar-refractivity contribution in [2.45, 2.75) is 9.79 Å². The van der Waals surface area contributed by atoms with E-state index in [-0.39, 0.29) is 24.3 Å². The van der Waals surface area contributed by atoms with Gasteiger partial charge < -0.3 is 0 Å². The topological polar surface area (TPSA) is 135 Å². The molecular weight excluding hydrogens is 506 g/mol. The van der Waals surface area contributed by atoms with Crippen LogP contribution >= 0.6 is 0 Å². The van der Waals surface area contributed by atoms with Crippen molar-refractivity contribution in [3.8, 4) is 0 Å². The third kappa shape index (κ3) is 4.33. The van der Waals surface area contributed by atoms with Crippen LogP contribution in [0.15, 0.2) is 38.5 Å². The van der Waals surface area contributed by atoms with Crippen molar-refractivity contribution in [1.29, 1.82) is 0 Å². The molecule has 2 aromatic carbocycles. The fraction of sp³-hybridized carbons (Fsp3) is 0. The maximum atomic E-state index is 13.4. The molecule has 2 aromatic rings. The van der Waals surface area contributed by atoms with Crippen molar-refractivity contribution in [2.24, 2.45) is 4.40 Å². The summed E-state index contributed by atoms with van der Waals surface area (Å²) in [4.78, 5) is 6.69. The second kappa shape index (κ2) is 8.04. The maximum absolute atomic E-state index is 13.4. The molecule has 0 radical (unpaired) electrons. The second-order valence-corrected chi connectivity index (χ2v) is 10.9. The molecule has 168 valence electrons. The van der Waals surface area contributed by atoms with Crippen LogP contribution in [0.4, 0.5) is 26.3 Å². The minimum atomic E-state index is -6.18. The van der Waals surface area contributed by atoms with Gasteiger partial charge in [0.2, 0.25) is 0 Å². The number of carbonyl (C=O) groups excluding carboxylic acids is 1. The van der Waals surface area contributed by atoms with Crippen molar-refractivity contribution in [3.05, 3.63) is 59.2 Å². The number of hydrogen-bond acceptors (Lipinski definition) is 7. The first-order chi connectivity index (χ1) is 14.1. The maximum Gasteiger partial charge on any atom is 0.360 e. The average molecular weight is 510 g/mol. The fourth-order valence-corrected chi connectivity index (χ4v) is 7.76. The molecule has 0 spiro atoms. The molecule has 0 aliphatic heterocycles. The molecule has 0 aromatic heterocycles. The van der Waals surface area contributed by atoms with Crippen LogP contribution in [0.5, 0.6) is 0 Å². The van der Waals surface area contributed by atoms with E-state index in [1.54, 1.807) is 0 Å². The zero-order chi connectivity index (χ0) is 23.9. The molecule has 0 aliphatic rings. The van der Waals surface area contributed by atoms with E-state index < -0.39 is 78.1 Å². The Balaban J connectivity index is 2.95. The highest BCUT2D eigenvalue weighted by Crippen LogP contribution is 2.31. The van der Waals surface area contributed by atoms with E-state index in [0.717, 1.165) is 0 Å². The first kappa shape index (κ1) is 24.5. The standard InChI is InChI=1S/C13H4F6N2O7S3/c14-8-1-6(2-9(15)12(8)18)29(23,24)21(31(27,28)20-5-22)30(25,26)7-3-10(16)13(19)11(17)4-7/h1-4H. The van der Waals surface area contributed by atoms with Crippen LogP contribution in [0.3, 0.4) is 0 Å². The minimum absolute atomic E-state index is 0.300. The Morgan fingerprint density at radius 1 is 0.645 bits per heavy atom. The lowest BCUT2D eigenvalue weighted by molar-refractivity contribution is 0.441. The molecule has 0 saturated carbocycles. The van der Waals surface area contributed by atoms with Gasteiger partial charge in [-0.15, -0.1) is 0 Å². The van der Waals surface area contributed by atoms with Gasteiger partial charge in [0.25, 0.3) is 26.1 Å². The van der Waals surface area contributed by atoms with Crippen molar-refractivity contribution >= 4 is 36.3 Å². The van der Waals surface area contributed by atoms with Crippen molar-refractivity contribution < 1.29 is 56.4 Å². The molecule has 0 saturated heterocycles. The highest BCUT2D eigenvalue weighted by atomic mass is 32.3. The van der Waals surface area contributed by atoms with Crippen molar-refractivity contribution in [2.75, 3.05) is 0 Å². The molecular formula is C13H4F6N2O7S3. The number of hydrogen-bond donors (Lipinski definition) is 0. The van der Waals surface area contributed by atoms with Crippen LogP contribution in [0.25, 0.3) is 0 Å². The normalized spacial score (nSPS) is 12.6. The van der Waals surface area contributed by atoms with Gasteiger partial charge in [0, 0.05) is 3.12 Å². The monoisotopic (exact) mass is 510 g/mol. The number of rotatable bonds is 6. The number of sulfonamides is 2. The molecule has 18 heteroatoms. The lowest BCUT2D eigenvalue weighted by Crippen LogP contribution is -2.40. The van der Waals surface area contributed by atoms with E-state index in [4.69, 9.17) is 0 Å². The van der Waals surface area contributed by atoms with Gasteiger partial charge in [-0.1, -0.05) is 4.40 Å². The molecule has 0 N–H and O–H groups in total. The van der Waals surface area contributed by atoms with Gasteiger partial charge in [0.15, 0.2) is 34.9 Å². The number of isocyanates is 1. The molecule has 2 rings (SSSR count). The molecule has 0 bridgehead atoms. The Bertz CT molecular complexity index is 1320. The van der Waals surface area contributed by atoms with Crippen LogP contribution in [0.1, 0.15) is 0 Å². The molecule has 0 heterocycles. The smallest absolute Gasteiger partial charge is 0.210 e. The Kier molecular flexibility index (Phi) is 6.35. The van der Waals surface area contributed by atoms with Crippen LogP contribution in [0.2, 0.25) is 0 Å². The quantitative estimate of drug-likeness (QED) is 0.249. The molecule has 0 atom stereocenters. The third-order valence-corrected chi connectivity index (χ3v) is 9.86. The fourth-order valence-electron chi connectivity index (χ4n) is 1.99. The molecule has 0 amide bonds. The predicted molar refractivity (Wildman–Crippen MR) is 85.9 cm³/mol. The van der Waals surface area contributed by atoms with Gasteiger partial charge in [-0.05, 0) is 24.3 Å². The summed E-state index contributed by atoms with van der Waals surface area (Å²) in [5.74, 6) is -13.2. The van der Waals surface area contributed by atoms with E-state index >= 15 is 0 Å². The first-order valence-electron chi connectivity index (χ1n) is 7.01. The van der Waals surface area contributed by atoms with E-state index in [2.05, 4.69) is 0 Å². The summed E-state index contributed by atoms with van der Waals surface area (Å²) in [6, 6.07) is -1.32. The van der Waals surface area contributed by atoms with E-state index in [1.165, 1.54) is 0 Å². The summed E-state index contributed by atoms with van der Waals surface area (Å²) < 4.78 is 155. The van der Waals surface area contributed by atoms with Gasteiger partial charge in [0.1, 0.15) is 0 Å². The molecule has 0 aliphatic carbocycles. The highest BCUT2D eigenvalue weighted by molar-refractivity contribution is 8.17. The van der Waals surface area contributed by atoms with E-state index in [9.17, 15) is 56.4 Å². The number of nitrogens with zero attached hydrogens (tertiary/aromatic N) is 2. The minimum Gasteiger partial charge on any atom is -0.210 e. The summed E-state index contributed by atoms with van der Waals surface area (Å²) >= 11 is 0. The molecule has 0 unspecified atom stereocenters. The van der Waals surface area contributed by atoms with Crippen LogP contribution in [-0.2, 0) is 35.1 Å². The van der Waals surface area contributed by atoms with Gasteiger partial charge in [-0.2, -0.15) is 8.42 Å². The van der Waals surface area contributed by atoms with Crippen molar-refractivity contribution in [1.82, 2.24) is 3.12 Å². The Morgan fingerprint density at radius 2 is 0.935 bits per heavy atom. The lowest BCUT2D eigenvalue weighted by atomic mass is 10.3. The van der Waals surface area contributed by atoms with Crippen LogP contribution < -0.4 is 0 Å². The Labute approximate surface area is 169 Å². The van der Waals surface area contributed by atoms with E-state index in [1.807, 2.05) is 4.40 Å². The molecule has 0 fully saturated rings. The summed E-state index contributed by atoms with van der Waals surface area (Å²) in [6.07, 6.45) is 0.300. The third-order valence-electron chi connectivity index (χ3n) is 3.24. The largest absolute Gasteiger partial charge is 0.360 e. The SMILES string of the molecule is O=C=NS(=O)(=O)N(S(=O)(=O)c1cc(F)c(F)c(F)c1)S(=O)(=O)c1cc(F)c(F)c(F)c1. The van der Waals surface area contributed by atoms with Crippen molar-refractivity contribution in [3.63, 3.8) is 0 Å². The summed E-state index contributed by atoms with van der Waals surface area (Å²) in [5, 5.41) is 0. The molecule has 31 heavy (non-hydrogen) atoms. The van der Waals surface area contributed by atoms with E-state index in [0.29, 0.717) is 6.08 Å². The van der Waals surface area contributed by atoms with Gasteiger partial charge >= 0.3 is 10.2 Å². The Morgan fingerprint density at radius 3 is 1.19 bits per heavy atom. The number of benzene rings is 2. The zero-order valence-electron chi connectivity index (χ0n) is 14.1. The number of halogens is 6. The van der Waals surface area contributed by atoms with Crippen LogP contribution in [0, 0.1) is 34.9 Å². The molecule has 9 nitrogen and oxygen atoms in total.